The van der Waals surface area contributed by atoms with Gasteiger partial charge in [0.1, 0.15) is 0 Å². The topological polar surface area (TPSA) is 40.5 Å². The summed E-state index contributed by atoms with van der Waals surface area (Å²) in [6, 6.07) is 0. The van der Waals surface area contributed by atoms with Crippen LogP contribution in [0.4, 0.5) is 0 Å². The second-order valence-corrected chi connectivity index (χ2v) is 2.60. The van der Waals surface area contributed by atoms with E-state index in [0.717, 1.165) is 0 Å². The molecule has 0 aromatic rings. The van der Waals surface area contributed by atoms with E-state index >= 15 is 0 Å². The number of rotatable bonds is 0. The van der Waals surface area contributed by atoms with Gasteiger partial charge in [0.15, 0.2) is 0 Å². The first-order chi connectivity index (χ1) is 3.46. The van der Waals surface area contributed by atoms with Gasteiger partial charge in [-0.1, -0.05) is 0 Å². The second kappa shape index (κ2) is 11.7. The SMILES string of the molecule is OC(=S)[S-].OC(=S)[S-].[Mg+2]. The molecule has 0 atom stereocenters. The summed E-state index contributed by atoms with van der Waals surface area (Å²) < 4.78 is -0.833. The van der Waals surface area contributed by atoms with Crippen LogP contribution in [0.3, 0.4) is 0 Å². The largest absolute Gasteiger partial charge is 2.00 e. The third-order valence-electron chi connectivity index (χ3n) is 0. The summed E-state index contributed by atoms with van der Waals surface area (Å²) in [4.78, 5) is 0. The molecule has 0 heterocycles. The van der Waals surface area contributed by atoms with Crippen LogP contribution in [-0.4, -0.2) is 42.0 Å². The maximum absolute atomic E-state index is 7.60. The van der Waals surface area contributed by atoms with Crippen LogP contribution in [0.15, 0.2) is 0 Å². The van der Waals surface area contributed by atoms with E-state index in [1.807, 2.05) is 0 Å². The predicted octanol–water partition coefficient (Wildman–Crippen LogP) is 0.372. The van der Waals surface area contributed by atoms with Gasteiger partial charge in [-0.2, -0.15) is 0 Å². The average Bonchev–Trinajstić information content (AvgIpc) is 1.25. The van der Waals surface area contributed by atoms with Crippen molar-refractivity contribution < 1.29 is 10.2 Å². The third kappa shape index (κ3) is 451. The van der Waals surface area contributed by atoms with Crippen LogP contribution in [0, 0.1) is 0 Å². The Labute approximate surface area is 91.0 Å². The summed E-state index contributed by atoms with van der Waals surface area (Å²) >= 11 is 15.6. The molecule has 0 fully saturated rings. The van der Waals surface area contributed by atoms with E-state index in [9.17, 15) is 0 Å². The van der Waals surface area contributed by atoms with Crippen molar-refractivity contribution in [3.8, 4) is 0 Å². The van der Waals surface area contributed by atoms with E-state index in [1.54, 1.807) is 0 Å². The predicted molar refractivity (Wildman–Crippen MR) is 50.9 cm³/mol. The molecule has 0 bridgehead atoms. The van der Waals surface area contributed by atoms with Crippen molar-refractivity contribution in [3.05, 3.63) is 0 Å². The van der Waals surface area contributed by atoms with Crippen LogP contribution < -0.4 is 0 Å². The smallest absolute Gasteiger partial charge is 0.528 e. The molecule has 0 saturated heterocycles. The number of hydrogen-bond acceptors (Lipinski definition) is 4. The molecule has 2 nitrogen and oxygen atoms in total. The van der Waals surface area contributed by atoms with Gasteiger partial charge >= 0.3 is 23.1 Å². The number of thiocarbonyl (C=S) groups is 2. The van der Waals surface area contributed by atoms with Gasteiger partial charge < -0.3 is 59.9 Å². The average molecular weight is 211 g/mol. The van der Waals surface area contributed by atoms with Gasteiger partial charge in [0.2, 0.25) is 0 Å². The van der Waals surface area contributed by atoms with Crippen LogP contribution in [0.2, 0.25) is 0 Å². The van der Waals surface area contributed by atoms with Gasteiger partial charge in [-0.15, -0.1) is 0 Å². The molecule has 0 amide bonds. The van der Waals surface area contributed by atoms with Crippen molar-refractivity contribution in [3.63, 3.8) is 0 Å². The van der Waals surface area contributed by atoms with E-state index in [-0.39, 0.29) is 23.1 Å². The Kier molecular flexibility index (Phi) is 21.6. The number of aliphatic hydroxyl groups excluding tert-OH is 2. The summed E-state index contributed by atoms with van der Waals surface area (Å²) in [6.45, 7) is 0. The van der Waals surface area contributed by atoms with Gasteiger partial charge in [0.25, 0.3) is 0 Å². The first kappa shape index (κ1) is 16.5. The minimum atomic E-state index is -0.417. The molecule has 0 rings (SSSR count). The Hall–Kier alpha value is 0.986. The molecule has 0 aliphatic heterocycles. The Balaban J connectivity index is -0.0000000720. The van der Waals surface area contributed by atoms with Crippen molar-refractivity contribution >= 4 is 81.5 Å². The molecule has 0 aromatic carbocycles. The summed E-state index contributed by atoms with van der Waals surface area (Å²) in [5.41, 5.74) is 0. The molecule has 0 radical (unpaired) electrons. The van der Waals surface area contributed by atoms with Crippen molar-refractivity contribution in [2.75, 3.05) is 0 Å². The zero-order chi connectivity index (χ0) is 7.15. The Bertz CT molecular complexity index is 74.6. The molecule has 0 aliphatic carbocycles. The van der Waals surface area contributed by atoms with E-state index in [4.69, 9.17) is 10.2 Å². The van der Waals surface area contributed by atoms with Gasteiger partial charge in [-0.25, -0.2) is 0 Å². The minimum absolute atomic E-state index is 0. The molecular weight excluding hydrogens is 209 g/mol. The van der Waals surface area contributed by atoms with Crippen molar-refractivity contribution in [2.45, 2.75) is 0 Å². The molecule has 48 valence electrons. The Morgan fingerprint density at radius 2 is 1.00 bits per heavy atom. The zero-order valence-electron chi connectivity index (χ0n) is 4.23. The molecule has 0 spiro atoms. The molecular formula is C2H2MgO2S4. The number of hydrogen-bond donors (Lipinski definition) is 2. The molecule has 9 heavy (non-hydrogen) atoms. The third-order valence-corrected chi connectivity index (χ3v) is 0. The second-order valence-electron chi connectivity index (χ2n) is 0.532. The van der Waals surface area contributed by atoms with Crippen LogP contribution in [-0.2, 0) is 25.3 Å². The van der Waals surface area contributed by atoms with Gasteiger partial charge in [0.05, 0.1) is 0 Å². The molecule has 7 heteroatoms. The van der Waals surface area contributed by atoms with E-state index < -0.39 is 8.77 Å². The zero-order valence-corrected chi connectivity index (χ0v) is 8.91. The van der Waals surface area contributed by atoms with E-state index in [2.05, 4.69) is 49.7 Å². The maximum Gasteiger partial charge on any atom is 2.00 e. The molecule has 0 aliphatic rings. The van der Waals surface area contributed by atoms with E-state index in [0.29, 0.717) is 0 Å². The standard InChI is InChI=1S/2CH2OS2.Mg/c2*2-1(3)4;/h2*(H2,2,3,4);/q;;+2/p-2. The van der Waals surface area contributed by atoms with Crippen molar-refractivity contribution in [1.82, 2.24) is 0 Å². The summed E-state index contributed by atoms with van der Waals surface area (Å²) in [6.07, 6.45) is 0. The van der Waals surface area contributed by atoms with E-state index in [1.165, 1.54) is 0 Å². The normalized spacial score (nSPS) is 5.33. The minimum Gasteiger partial charge on any atom is -0.528 e. The van der Waals surface area contributed by atoms with Crippen LogP contribution >= 0.6 is 24.4 Å². The Morgan fingerprint density at radius 1 is 1.00 bits per heavy atom. The summed E-state index contributed by atoms with van der Waals surface area (Å²) in [5.74, 6) is 0. The fourth-order valence-electron chi connectivity index (χ4n) is 0. The van der Waals surface area contributed by atoms with Crippen molar-refractivity contribution in [2.24, 2.45) is 0 Å². The van der Waals surface area contributed by atoms with Gasteiger partial charge in [-0.3, -0.25) is 0 Å². The van der Waals surface area contributed by atoms with Crippen LogP contribution in [0.25, 0.3) is 0 Å². The first-order valence-electron chi connectivity index (χ1n) is 1.26. The van der Waals surface area contributed by atoms with Crippen LogP contribution in [0.1, 0.15) is 0 Å². The summed E-state index contributed by atoms with van der Waals surface area (Å²) in [5, 5.41) is 15.2. The fourth-order valence-corrected chi connectivity index (χ4v) is 0. The molecule has 0 saturated carbocycles. The molecule has 0 unspecified atom stereocenters. The fraction of sp³-hybridized carbons (Fsp3) is 0. The maximum atomic E-state index is 7.60. The first-order valence-corrected chi connectivity index (χ1v) is 2.90. The molecule has 2 N–H and O–H groups in total. The Morgan fingerprint density at radius 3 is 1.00 bits per heavy atom. The molecule has 0 aromatic heterocycles. The van der Waals surface area contributed by atoms with Gasteiger partial charge in [-0.05, 0) is 0 Å². The quantitative estimate of drug-likeness (QED) is 0.342. The monoisotopic (exact) mass is 210 g/mol. The van der Waals surface area contributed by atoms with Crippen LogP contribution in [0.5, 0.6) is 0 Å². The number of aliphatic hydroxyl groups is 2. The summed E-state index contributed by atoms with van der Waals surface area (Å²) in [7, 11) is 0. The van der Waals surface area contributed by atoms with Crippen molar-refractivity contribution in [1.29, 1.82) is 0 Å². The van der Waals surface area contributed by atoms with Gasteiger partial charge in [0, 0.05) is 8.77 Å².